The molecule has 2 fully saturated rings. The summed E-state index contributed by atoms with van der Waals surface area (Å²) in [7, 11) is -3.84. The molecule has 1 aromatic rings. The molecule has 1 unspecified atom stereocenters. The summed E-state index contributed by atoms with van der Waals surface area (Å²) in [5, 5.41) is 7.62. The number of nitrogens with two attached hydrogens (primary N) is 1. The fourth-order valence-electron chi connectivity index (χ4n) is 2.70. The molecule has 1 heterocycles. The van der Waals surface area contributed by atoms with E-state index in [0.29, 0.717) is 5.56 Å². The summed E-state index contributed by atoms with van der Waals surface area (Å²) >= 11 is 0. The summed E-state index contributed by atoms with van der Waals surface area (Å²) in [6, 6.07) is 4.75. The predicted octanol–water partition coefficient (Wildman–Crippen LogP) is 0.0801. The Bertz CT molecular complexity index is 829. The van der Waals surface area contributed by atoms with Crippen LogP contribution in [0.4, 0.5) is 4.79 Å². The van der Waals surface area contributed by atoms with Gasteiger partial charge in [-0.15, -0.1) is 0 Å². The largest absolute Gasteiger partial charge is 0.325 e. The lowest BCUT2D eigenvalue weighted by Crippen LogP contribution is -2.41. The minimum absolute atomic E-state index is 0.0495. The second kappa shape index (κ2) is 5.38. The highest BCUT2D eigenvalue weighted by molar-refractivity contribution is 7.89. The van der Waals surface area contributed by atoms with E-state index in [4.69, 9.17) is 5.14 Å². The Balaban J connectivity index is 1.85. The number of carbonyl (C=O) groups excluding carboxylic acids is 3. The third-order valence-corrected chi connectivity index (χ3v) is 5.31. The van der Waals surface area contributed by atoms with Gasteiger partial charge in [-0.3, -0.25) is 14.5 Å². The molecule has 9 heteroatoms. The van der Waals surface area contributed by atoms with Crippen LogP contribution in [0, 0.1) is 5.92 Å². The first-order valence-corrected chi connectivity index (χ1v) is 8.98. The molecular formula is C15H17N3O5S. The highest BCUT2D eigenvalue weighted by Gasteiger charge is 2.50. The molecule has 0 radical (unpaired) electrons. The van der Waals surface area contributed by atoms with Gasteiger partial charge in [0.15, 0.2) is 5.78 Å². The second-order valence-electron chi connectivity index (χ2n) is 6.26. The number of imide groups is 1. The molecular weight excluding hydrogens is 334 g/mol. The van der Waals surface area contributed by atoms with Crippen molar-refractivity contribution in [3.63, 3.8) is 0 Å². The van der Waals surface area contributed by atoms with Crippen molar-refractivity contribution in [2.24, 2.45) is 11.1 Å². The van der Waals surface area contributed by atoms with Crippen LogP contribution in [0.5, 0.6) is 0 Å². The third-order valence-electron chi connectivity index (χ3n) is 4.38. The normalized spacial score (nSPS) is 24.2. The predicted molar refractivity (Wildman–Crippen MR) is 83.1 cm³/mol. The van der Waals surface area contributed by atoms with Gasteiger partial charge in [0.2, 0.25) is 10.0 Å². The number of benzene rings is 1. The summed E-state index contributed by atoms with van der Waals surface area (Å²) < 4.78 is 22.6. The Morgan fingerprint density at radius 1 is 1.29 bits per heavy atom. The van der Waals surface area contributed by atoms with Gasteiger partial charge in [-0.25, -0.2) is 18.4 Å². The number of urea groups is 1. The van der Waals surface area contributed by atoms with Gasteiger partial charge in [0.25, 0.3) is 5.91 Å². The van der Waals surface area contributed by atoms with Crippen LogP contribution in [0.2, 0.25) is 0 Å². The van der Waals surface area contributed by atoms with Crippen molar-refractivity contribution in [3.8, 4) is 0 Å². The van der Waals surface area contributed by atoms with E-state index in [1.807, 2.05) is 0 Å². The molecule has 3 amide bonds. The SMILES string of the molecule is CC1(c2ccc(S(N)(=O)=O)cc2)NC(=O)N(CC(=O)C2CC2)C1=O. The molecule has 1 aliphatic heterocycles. The van der Waals surface area contributed by atoms with E-state index < -0.39 is 27.5 Å². The van der Waals surface area contributed by atoms with Crippen LogP contribution in [0.1, 0.15) is 25.3 Å². The van der Waals surface area contributed by atoms with Crippen LogP contribution in [-0.4, -0.2) is 37.6 Å². The molecule has 128 valence electrons. The van der Waals surface area contributed by atoms with Crippen LogP contribution < -0.4 is 10.5 Å². The first-order valence-electron chi connectivity index (χ1n) is 7.43. The number of hydrogen-bond acceptors (Lipinski definition) is 5. The first-order chi connectivity index (χ1) is 11.1. The molecule has 1 atom stereocenters. The Labute approximate surface area is 139 Å². The van der Waals surface area contributed by atoms with Gasteiger partial charge in [-0.05, 0) is 37.5 Å². The van der Waals surface area contributed by atoms with Crippen molar-refractivity contribution >= 4 is 27.7 Å². The average Bonchev–Trinajstić information content (AvgIpc) is 3.32. The number of Topliss-reactive ketones (excluding diaryl/α,β-unsaturated/α-hetero) is 1. The van der Waals surface area contributed by atoms with Crippen molar-refractivity contribution in [2.45, 2.75) is 30.2 Å². The highest BCUT2D eigenvalue weighted by atomic mass is 32.2. The zero-order chi connectivity index (χ0) is 17.7. The van der Waals surface area contributed by atoms with Gasteiger partial charge in [0, 0.05) is 5.92 Å². The number of sulfonamides is 1. The summed E-state index contributed by atoms with van der Waals surface area (Å²) in [6.45, 7) is 1.28. The molecule has 3 N–H and O–H groups in total. The topological polar surface area (TPSA) is 127 Å². The maximum atomic E-state index is 12.6. The quantitative estimate of drug-likeness (QED) is 0.726. The summed E-state index contributed by atoms with van der Waals surface area (Å²) in [5.74, 6) is -0.705. The van der Waals surface area contributed by atoms with E-state index >= 15 is 0 Å². The van der Waals surface area contributed by atoms with Crippen molar-refractivity contribution in [1.82, 2.24) is 10.2 Å². The summed E-state index contributed by atoms with van der Waals surface area (Å²) in [5.41, 5.74) is -0.938. The van der Waals surface area contributed by atoms with Crippen molar-refractivity contribution in [2.75, 3.05) is 6.54 Å². The van der Waals surface area contributed by atoms with Crippen LogP contribution in [-0.2, 0) is 25.2 Å². The third kappa shape index (κ3) is 2.80. The van der Waals surface area contributed by atoms with Crippen LogP contribution in [0.25, 0.3) is 0 Å². The van der Waals surface area contributed by atoms with Gasteiger partial charge in [0.05, 0.1) is 11.4 Å². The van der Waals surface area contributed by atoms with Gasteiger partial charge in [0.1, 0.15) is 5.54 Å². The molecule has 2 aliphatic rings. The Morgan fingerprint density at radius 3 is 2.38 bits per heavy atom. The smallest absolute Gasteiger partial charge is 0.319 e. The second-order valence-corrected chi connectivity index (χ2v) is 7.82. The lowest BCUT2D eigenvalue weighted by Gasteiger charge is -2.22. The van der Waals surface area contributed by atoms with Gasteiger partial charge >= 0.3 is 6.03 Å². The number of rotatable bonds is 5. The molecule has 0 bridgehead atoms. The van der Waals surface area contributed by atoms with Gasteiger partial charge < -0.3 is 5.32 Å². The van der Waals surface area contributed by atoms with Crippen LogP contribution in [0.3, 0.4) is 0 Å². The Kier molecular flexibility index (Phi) is 3.72. The number of hydrogen-bond donors (Lipinski definition) is 2. The highest BCUT2D eigenvalue weighted by Crippen LogP contribution is 2.33. The van der Waals surface area contributed by atoms with Gasteiger partial charge in [-0.2, -0.15) is 0 Å². The summed E-state index contributed by atoms with van der Waals surface area (Å²) in [6.07, 6.45) is 1.60. The fraction of sp³-hybridized carbons (Fsp3) is 0.400. The molecule has 8 nitrogen and oxygen atoms in total. The lowest BCUT2D eigenvalue weighted by molar-refractivity contribution is -0.134. The average molecular weight is 351 g/mol. The van der Waals surface area contributed by atoms with E-state index in [1.54, 1.807) is 0 Å². The molecule has 3 rings (SSSR count). The number of nitrogens with one attached hydrogen (secondary N) is 1. The zero-order valence-electron chi connectivity index (χ0n) is 13.0. The number of carbonyl (C=O) groups is 3. The molecule has 1 aromatic carbocycles. The maximum absolute atomic E-state index is 12.6. The monoisotopic (exact) mass is 351 g/mol. The molecule has 1 saturated carbocycles. The minimum atomic E-state index is -3.84. The molecule has 1 saturated heterocycles. The Hall–Kier alpha value is -2.26. The minimum Gasteiger partial charge on any atom is -0.319 e. The van der Waals surface area contributed by atoms with E-state index in [-0.39, 0.29) is 23.1 Å². The zero-order valence-corrected chi connectivity index (χ0v) is 13.8. The molecule has 0 aromatic heterocycles. The van der Waals surface area contributed by atoms with Crippen LogP contribution in [0.15, 0.2) is 29.2 Å². The van der Waals surface area contributed by atoms with Crippen molar-refractivity contribution in [3.05, 3.63) is 29.8 Å². The standard InChI is InChI=1S/C15H17N3O5S/c1-15(10-4-6-11(7-5-10)24(16,22)23)13(20)18(14(21)17-15)8-12(19)9-2-3-9/h4-7,9H,2-3,8H2,1H3,(H,17,21)(H2,16,22,23). The number of primary sulfonamides is 1. The van der Waals surface area contributed by atoms with Crippen molar-refractivity contribution < 1.29 is 22.8 Å². The van der Waals surface area contributed by atoms with E-state index in [0.717, 1.165) is 17.7 Å². The number of ketones is 1. The van der Waals surface area contributed by atoms with E-state index in [1.165, 1.54) is 31.2 Å². The van der Waals surface area contributed by atoms with Gasteiger partial charge in [-0.1, -0.05) is 12.1 Å². The summed E-state index contributed by atoms with van der Waals surface area (Å²) in [4.78, 5) is 37.5. The van der Waals surface area contributed by atoms with E-state index in [2.05, 4.69) is 5.32 Å². The number of amides is 3. The van der Waals surface area contributed by atoms with E-state index in [9.17, 15) is 22.8 Å². The Morgan fingerprint density at radius 2 is 1.88 bits per heavy atom. The fourth-order valence-corrected chi connectivity index (χ4v) is 3.22. The van der Waals surface area contributed by atoms with Crippen LogP contribution >= 0.6 is 0 Å². The molecule has 0 spiro atoms. The van der Waals surface area contributed by atoms with Crippen molar-refractivity contribution in [1.29, 1.82) is 0 Å². The lowest BCUT2D eigenvalue weighted by atomic mass is 9.92. The molecule has 1 aliphatic carbocycles. The maximum Gasteiger partial charge on any atom is 0.325 e. The first kappa shape index (κ1) is 16.6. The number of nitrogens with zero attached hydrogens (tertiary/aromatic N) is 1. The molecule has 24 heavy (non-hydrogen) atoms.